The molecule has 5 aliphatic heterocycles. The second-order valence-corrected chi connectivity index (χ2v) is 24.0. The number of nitrogens with zero attached hydrogens (tertiary/aromatic N) is 8. The molecule has 4 atom stereocenters. The van der Waals surface area contributed by atoms with Gasteiger partial charge in [0.05, 0.1) is 22.0 Å². The molecule has 2 unspecified atom stereocenters. The molecule has 3 aromatic heterocycles. The number of para-hydroxylation sites is 1. The van der Waals surface area contributed by atoms with Crippen molar-refractivity contribution in [1.82, 2.24) is 44.5 Å². The van der Waals surface area contributed by atoms with Gasteiger partial charge in [-0.05, 0) is 129 Å². The third kappa shape index (κ3) is 12.0. The van der Waals surface area contributed by atoms with Crippen molar-refractivity contribution in [1.29, 1.82) is 0 Å². The second-order valence-electron chi connectivity index (χ2n) is 24.0. The number of imide groups is 1. The van der Waals surface area contributed by atoms with E-state index in [1.54, 1.807) is 17.7 Å². The molecule has 0 saturated carbocycles. The van der Waals surface area contributed by atoms with E-state index in [2.05, 4.69) is 30.4 Å². The SMILES string of the molecule is CCc1c(F)ccc2cc(O)cc(-c3ncc4c(N5CCCC(CNC(=O)CCCCCCCCCCC(=O)N6CCC(c7cccc8c7n(C)c(=O)n8C7CCC(=O)NC7=O)CC6)C5)nc(OC[C@@]56CCCN5C[C@H](F)C6)nc4c3F)c12. The number of hydrogen-bond acceptors (Lipinski definition) is 12. The number of nitrogens with one attached hydrogen (secondary N) is 2. The average Bonchev–Trinajstić information content (AvgIpc) is 4.27. The lowest BCUT2D eigenvalue weighted by Gasteiger charge is -2.34. The number of piperidine rings is 3. The van der Waals surface area contributed by atoms with E-state index in [1.165, 1.54) is 29.0 Å². The van der Waals surface area contributed by atoms with Gasteiger partial charge in [-0.2, -0.15) is 9.97 Å². The lowest BCUT2D eigenvalue weighted by atomic mass is 9.88. The Morgan fingerprint density at radius 3 is 2.43 bits per heavy atom. The van der Waals surface area contributed by atoms with Crippen molar-refractivity contribution >= 4 is 62.2 Å². The molecule has 5 aliphatic rings. The van der Waals surface area contributed by atoms with E-state index in [0.717, 1.165) is 108 Å². The largest absolute Gasteiger partial charge is 0.508 e. The predicted octanol–water partition coefficient (Wildman–Crippen LogP) is 9.62. The van der Waals surface area contributed by atoms with E-state index < -0.39 is 35.3 Å². The van der Waals surface area contributed by atoms with Crippen LogP contribution in [-0.2, 0) is 32.6 Å². The summed E-state index contributed by atoms with van der Waals surface area (Å²) >= 11 is 0. The molecule has 442 valence electrons. The van der Waals surface area contributed by atoms with E-state index in [9.17, 15) is 33.5 Å². The van der Waals surface area contributed by atoms with Gasteiger partial charge in [-0.3, -0.25) is 43.5 Å². The van der Waals surface area contributed by atoms with Crippen LogP contribution in [0.15, 0.2) is 53.5 Å². The zero-order valence-electron chi connectivity index (χ0n) is 47.8. The first kappa shape index (κ1) is 57.7. The number of carbonyl (C=O) groups excluding carboxylic acids is 4. The molecule has 0 radical (unpaired) electrons. The first-order valence-electron chi connectivity index (χ1n) is 30.4. The predicted molar refractivity (Wildman–Crippen MR) is 311 cm³/mol. The highest BCUT2D eigenvalue weighted by Gasteiger charge is 2.49. The molecule has 6 aromatic rings. The molecule has 17 nitrogen and oxygen atoms in total. The van der Waals surface area contributed by atoms with Crippen LogP contribution in [0.2, 0.25) is 0 Å². The number of halogens is 3. The Bertz CT molecular complexity index is 3490. The number of carbonyl (C=O) groups is 4. The maximum absolute atomic E-state index is 17.3. The molecule has 3 N–H and O–H groups in total. The maximum Gasteiger partial charge on any atom is 0.329 e. The van der Waals surface area contributed by atoms with Crippen LogP contribution in [-0.4, -0.2) is 127 Å². The highest BCUT2D eigenvalue weighted by atomic mass is 19.1. The van der Waals surface area contributed by atoms with Crippen molar-refractivity contribution in [2.75, 3.05) is 57.3 Å². The highest BCUT2D eigenvalue weighted by molar-refractivity contribution is 6.02. The zero-order valence-corrected chi connectivity index (χ0v) is 47.8. The van der Waals surface area contributed by atoms with Crippen LogP contribution in [0.5, 0.6) is 11.8 Å². The Morgan fingerprint density at radius 1 is 0.892 bits per heavy atom. The minimum absolute atomic E-state index is 0.0115. The third-order valence-electron chi connectivity index (χ3n) is 18.5. The molecule has 4 amide bonds. The highest BCUT2D eigenvalue weighted by Crippen LogP contribution is 2.43. The van der Waals surface area contributed by atoms with Gasteiger partial charge in [0.2, 0.25) is 23.6 Å². The number of phenolic OH excluding ortho intramolecular Hbond substituents is 1. The topological polar surface area (TPSA) is 197 Å². The zero-order chi connectivity index (χ0) is 57.9. The fourth-order valence-electron chi connectivity index (χ4n) is 14.2. The van der Waals surface area contributed by atoms with Crippen LogP contribution in [0.4, 0.5) is 19.0 Å². The summed E-state index contributed by atoms with van der Waals surface area (Å²) in [6.45, 7) is 6.05. The van der Waals surface area contributed by atoms with Crippen LogP contribution in [0, 0.1) is 17.6 Å². The summed E-state index contributed by atoms with van der Waals surface area (Å²) in [5.74, 6) is -1.19. The fourth-order valence-corrected chi connectivity index (χ4v) is 14.2. The molecule has 8 heterocycles. The van der Waals surface area contributed by atoms with Gasteiger partial charge in [0.1, 0.15) is 47.4 Å². The molecule has 83 heavy (non-hydrogen) atoms. The summed E-state index contributed by atoms with van der Waals surface area (Å²) in [6.07, 6.45) is 15.5. The number of pyridine rings is 1. The molecule has 3 aromatic carbocycles. The van der Waals surface area contributed by atoms with Gasteiger partial charge in [0, 0.05) is 83.8 Å². The van der Waals surface area contributed by atoms with Crippen molar-refractivity contribution in [3.8, 4) is 23.0 Å². The fraction of sp³-hybridized carbons (Fsp3) is 0.556. The molecule has 20 heteroatoms. The van der Waals surface area contributed by atoms with Crippen molar-refractivity contribution in [3.05, 3.63) is 81.9 Å². The van der Waals surface area contributed by atoms with Crippen LogP contribution in [0.3, 0.4) is 0 Å². The number of benzene rings is 3. The lowest BCUT2D eigenvalue weighted by molar-refractivity contribution is -0.136. The molecule has 5 fully saturated rings. The first-order valence-corrected chi connectivity index (χ1v) is 30.4. The van der Waals surface area contributed by atoms with Crippen LogP contribution in [0.1, 0.15) is 152 Å². The van der Waals surface area contributed by atoms with Crippen molar-refractivity contribution < 1.29 is 42.2 Å². The van der Waals surface area contributed by atoms with Gasteiger partial charge in [-0.15, -0.1) is 0 Å². The van der Waals surface area contributed by atoms with Crippen molar-refractivity contribution in [2.24, 2.45) is 13.0 Å². The number of rotatable bonds is 21. The molecule has 0 aliphatic carbocycles. The lowest BCUT2D eigenvalue weighted by Crippen LogP contribution is -2.44. The number of aromatic hydroxyl groups is 1. The number of unbranched alkanes of at least 4 members (excludes halogenated alkanes) is 7. The number of phenols is 1. The number of likely N-dealkylation sites (tertiary alicyclic amines) is 1. The number of hydrogen-bond donors (Lipinski definition) is 3. The van der Waals surface area contributed by atoms with Crippen LogP contribution < -0.4 is 26.0 Å². The minimum atomic E-state index is -0.961. The van der Waals surface area contributed by atoms with Crippen LogP contribution in [0.25, 0.3) is 44.0 Å². The number of amides is 4. The molecular formula is C63H77F3N10O7. The summed E-state index contributed by atoms with van der Waals surface area (Å²) in [7, 11) is 1.73. The van der Waals surface area contributed by atoms with Crippen LogP contribution >= 0.6 is 0 Å². The maximum atomic E-state index is 17.3. The molecule has 5 saturated heterocycles. The first-order chi connectivity index (χ1) is 40.2. The number of fused-ring (bicyclic) bond motifs is 4. The number of alkyl halides is 1. The molecular weight excluding hydrogens is 1070 g/mol. The third-order valence-corrected chi connectivity index (χ3v) is 18.5. The van der Waals surface area contributed by atoms with E-state index in [4.69, 9.17) is 9.72 Å². The Balaban J connectivity index is 0.626. The normalized spacial score (nSPS) is 21.6. The Hall–Kier alpha value is -7.09. The van der Waals surface area contributed by atoms with Gasteiger partial charge < -0.3 is 25.0 Å². The monoisotopic (exact) mass is 1140 g/mol. The number of ether oxygens (including phenoxy) is 1. The molecule has 11 rings (SSSR count). The summed E-state index contributed by atoms with van der Waals surface area (Å²) < 4.78 is 56.8. The Kier molecular flexibility index (Phi) is 17.4. The minimum Gasteiger partial charge on any atom is -0.508 e. The Labute approximate surface area is 481 Å². The second kappa shape index (κ2) is 25.0. The molecule has 0 spiro atoms. The number of anilines is 1. The summed E-state index contributed by atoms with van der Waals surface area (Å²) in [6, 6.07) is 10.9. The average molecular weight is 1140 g/mol. The van der Waals surface area contributed by atoms with E-state index in [0.29, 0.717) is 98.0 Å². The smallest absolute Gasteiger partial charge is 0.329 e. The van der Waals surface area contributed by atoms with E-state index in [-0.39, 0.29) is 83.2 Å². The quantitative estimate of drug-likeness (QED) is 0.0457. The van der Waals surface area contributed by atoms with Gasteiger partial charge in [-0.25, -0.2) is 18.0 Å². The number of aryl methyl sites for hydroxylation is 2. The number of imidazole rings is 1. The standard InChI is InChI=1S/C63H77F3N10O7/c1-3-44-48(65)21-20-41-31-43(77)32-46(54(41)44)56-55(66)57-47(35-68-56)59(71-61(70-57)83-38-63-26-14-28-75(63)37-42(64)33-63)74-27-13-15-39(36-74)34-67-51(78)18-10-8-6-4-5-7-9-11-19-53(80)73-29-24-40(25-30-73)45-16-12-17-49-58(45)72(2)62(82)76(49)50-22-23-52(79)69-60(50)81/h12,16-17,20-21,31-32,35,39-40,42,50,77H,3-11,13-15,18-19,22-30,33-34,36-38H2,1-2H3,(H,67,78)(H,69,79,81)/t39?,42-,50?,63+/m1/s1. The van der Waals surface area contributed by atoms with Crippen molar-refractivity contribution in [2.45, 2.75) is 159 Å². The molecule has 0 bridgehead atoms. The van der Waals surface area contributed by atoms with Crippen molar-refractivity contribution in [3.63, 3.8) is 0 Å². The number of aromatic nitrogens is 5. The van der Waals surface area contributed by atoms with Gasteiger partial charge in [-0.1, -0.05) is 63.6 Å². The summed E-state index contributed by atoms with van der Waals surface area (Å²) in [5.41, 5.74) is 2.26. The van der Waals surface area contributed by atoms with Gasteiger partial charge in [0.15, 0.2) is 5.82 Å². The van der Waals surface area contributed by atoms with E-state index >= 15 is 8.78 Å². The summed E-state index contributed by atoms with van der Waals surface area (Å²) in [5, 5.41) is 17.7. The summed E-state index contributed by atoms with van der Waals surface area (Å²) in [4.78, 5) is 84.7. The van der Waals surface area contributed by atoms with Gasteiger partial charge >= 0.3 is 11.7 Å². The van der Waals surface area contributed by atoms with Gasteiger partial charge in [0.25, 0.3) is 0 Å². The van der Waals surface area contributed by atoms with E-state index in [1.807, 2.05) is 30.0 Å². The Morgan fingerprint density at radius 2 is 1.66 bits per heavy atom.